The Labute approximate surface area is 195 Å². The van der Waals surface area contributed by atoms with Crippen LogP contribution in [-0.2, 0) is 16.0 Å². The maximum Gasteiger partial charge on any atom is 0.311 e. The SMILES string of the molecule is CCCCCCCCCCc1cccc(C(CC(C)C)C(=O)O)c1C(CC(C)C)C(=O)O. The van der Waals surface area contributed by atoms with Gasteiger partial charge in [0, 0.05) is 0 Å². The summed E-state index contributed by atoms with van der Waals surface area (Å²) in [7, 11) is 0. The number of aryl methyl sites for hydroxylation is 1. The summed E-state index contributed by atoms with van der Waals surface area (Å²) in [6.45, 7) is 10.3. The molecule has 2 atom stereocenters. The zero-order valence-corrected chi connectivity index (χ0v) is 21.0. The lowest BCUT2D eigenvalue weighted by atomic mass is 9.78. The zero-order chi connectivity index (χ0) is 24.1. The van der Waals surface area contributed by atoms with Crippen LogP contribution in [0.15, 0.2) is 18.2 Å². The number of carbonyl (C=O) groups is 2. The second-order valence-electron chi connectivity index (χ2n) is 10.2. The first-order valence-corrected chi connectivity index (χ1v) is 12.8. The van der Waals surface area contributed by atoms with Crippen molar-refractivity contribution < 1.29 is 19.8 Å². The van der Waals surface area contributed by atoms with Crippen LogP contribution in [0.4, 0.5) is 0 Å². The Hall–Kier alpha value is -1.84. The largest absolute Gasteiger partial charge is 0.481 e. The van der Waals surface area contributed by atoms with Crippen molar-refractivity contribution in [3.05, 3.63) is 34.9 Å². The van der Waals surface area contributed by atoms with Gasteiger partial charge in [-0.1, -0.05) is 97.8 Å². The Morgan fingerprint density at radius 1 is 0.750 bits per heavy atom. The standard InChI is InChI=1S/C28H46O4/c1-6-7-8-9-10-11-12-13-15-22-16-14-17-23(24(27(29)30)18-20(2)3)26(22)25(28(31)32)19-21(4)5/h14,16-17,20-21,24-25H,6-13,15,18-19H2,1-5H3,(H,29,30)(H,31,32). The summed E-state index contributed by atoms with van der Waals surface area (Å²) in [6, 6.07) is 5.79. The Kier molecular flexibility index (Phi) is 13.3. The van der Waals surface area contributed by atoms with Gasteiger partial charge >= 0.3 is 11.9 Å². The third kappa shape index (κ3) is 9.75. The summed E-state index contributed by atoms with van der Waals surface area (Å²) < 4.78 is 0. The van der Waals surface area contributed by atoms with Gasteiger partial charge in [-0.05, 0) is 54.2 Å². The van der Waals surface area contributed by atoms with Crippen LogP contribution >= 0.6 is 0 Å². The molecule has 4 heteroatoms. The Morgan fingerprint density at radius 3 is 1.75 bits per heavy atom. The highest BCUT2D eigenvalue weighted by Gasteiger charge is 2.31. The number of hydrogen-bond donors (Lipinski definition) is 2. The molecule has 2 N–H and O–H groups in total. The lowest BCUT2D eigenvalue weighted by molar-refractivity contribution is -0.140. The van der Waals surface area contributed by atoms with E-state index in [2.05, 4.69) is 6.92 Å². The fourth-order valence-corrected chi connectivity index (χ4v) is 4.67. The molecule has 0 aromatic heterocycles. The molecule has 0 spiro atoms. The van der Waals surface area contributed by atoms with Crippen LogP contribution in [0, 0.1) is 11.8 Å². The minimum absolute atomic E-state index is 0.216. The molecule has 0 aliphatic heterocycles. The molecular weight excluding hydrogens is 400 g/mol. The van der Waals surface area contributed by atoms with E-state index in [1.54, 1.807) is 0 Å². The molecule has 0 saturated carbocycles. The van der Waals surface area contributed by atoms with E-state index in [9.17, 15) is 19.8 Å². The molecule has 0 heterocycles. The highest BCUT2D eigenvalue weighted by atomic mass is 16.4. The molecule has 0 aliphatic rings. The second-order valence-corrected chi connectivity index (χ2v) is 10.2. The van der Waals surface area contributed by atoms with E-state index >= 15 is 0 Å². The minimum Gasteiger partial charge on any atom is -0.481 e. The van der Waals surface area contributed by atoms with Gasteiger partial charge in [-0.3, -0.25) is 9.59 Å². The number of carboxylic acid groups (broad SMARTS) is 2. The number of carboxylic acids is 2. The molecule has 0 saturated heterocycles. The normalized spacial score (nSPS) is 13.5. The van der Waals surface area contributed by atoms with Crippen LogP contribution in [0.2, 0.25) is 0 Å². The van der Waals surface area contributed by atoms with Gasteiger partial charge in [0.1, 0.15) is 0 Å². The molecule has 0 fully saturated rings. The molecule has 182 valence electrons. The summed E-state index contributed by atoms with van der Waals surface area (Å²) in [4.78, 5) is 24.5. The first kappa shape index (κ1) is 28.2. The van der Waals surface area contributed by atoms with E-state index in [-0.39, 0.29) is 11.8 Å². The van der Waals surface area contributed by atoms with Gasteiger partial charge in [-0.15, -0.1) is 0 Å². The first-order valence-electron chi connectivity index (χ1n) is 12.8. The van der Waals surface area contributed by atoms with Crippen LogP contribution in [-0.4, -0.2) is 22.2 Å². The molecule has 1 aromatic rings. The van der Waals surface area contributed by atoms with Gasteiger partial charge in [-0.2, -0.15) is 0 Å². The van der Waals surface area contributed by atoms with Gasteiger partial charge in [0.15, 0.2) is 0 Å². The van der Waals surface area contributed by atoms with Crippen molar-refractivity contribution in [1.82, 2.24) is 0 Å². The average molecular weight is 447 g/mol. The maximum absolute atomic E-state index is 12.3. The number of aliphatic carboxylic acids is 2. The summed E-state index contributed by atoms with van der Waals surface area (Å²) in [5.74, 6) is -2.61. The Balaban J connectivity index is 3.15. The molecule has 0 bridgehead atoms. The Bertz CT molecular complexity index is 693. The predicted octanol–water partition coefficient (Wildman–Crippen LogP) is 7.80. The summed E-state index contributed by atoms with van der Waals surface area (Å²) >= 11 is 0. The van der Waals surface area contributed by atoms with Crippen LogP contribution in [0.1, 0.15) is 127 Å². The third-order valence-electron chi connectivity index (χ3n) is 6.26. The van der Waals surface area contributed by atoms with Gasteiger partial charge < -0.3 is 10.2 Å². The number of hydrogen-bond acceptors (Lipinski definition) is 2. The molecular formula is C28H46O4. The fraction of sp³-hybridized carbons (Fsp3) is 0.714. The maximum atomic E-state index is 12.3. The van der Waals surface area contributed by atoms with E-state index in [0.29, 0.717) is 18.4 Å². The van der Waals surface area contributed by atoms with Crippen LogP contribution in [0.25, 0.3) is 0 Å². The van der Waals surface area contributed by atoms with E-state index < -0.39 is 23.8 Å². The van der Waals surface area contributed by atoms with Crippen LogP contribution in [0.3, 0.4) is 0 Å². The number of benzene rings is 1. The molecule has 2 unspecified atom stereocenters. The number of unbranched alkanes of at least 4 members (excludes halogenated alkanes) is 7. The van der Waals surface area contributed by atoms with Gasteiger partial charge in [0.25, 0.3) is 0 Å². The number of rotatable bonds is 17. The highest BCUT2D eigenvalue weighted by Crippen LogP contribution is 2.37. The average Bonchev–Trinajstić information content (AvgIpc) is 2.71. The van der Waals surface area contributed by atoms with E-state index in [1.807, 2.05) is 45.9 Å². The van der Waals surface area contributed by atoms with Crippen molar-refractivity contribution in [2.24, 2.45) is 11.8 Å². The van der Waals surface area contributed by atoms with Crippen molar-refractivity contribution in [1.29, 1.82) is 0 Å². The highest BCUT2D eigenvalue weighted by molar-refractivity contribution is 5.81. The van der Waals surface area contributed by atoms with Crippen molar-refractivity contribution in [2.75, 3.05) is 0 Å². The van der Waals surface area contributed by atoms with Crippen molar-refractivity contribution >= 4 is 11.9 Å². The van der Waals surface area contributed by atoms with Gasteiger partial charge in [0.05, 0.1) is 11.8 Å². The monoisotopic (exact) mass is 446 g/mol. The summed E-state index contributed by atoms with van der Waals surface area (Å²) in [5, 5.41) is 20.1. The zero-order valence-electron chi connectivity index (χ0n) is 21.0. The fourth-order valence-electron chi connectivity index (χ4n) is 4.67. The molecule has 4 nitrogen and oxygen atoms in total. The Morgan fingerprint density at radius 2 is 1.25 bits per heavy atom. The van der Waals surface area contributed by atoms with Crippen molar-refractivity contribution in [3.63, 3.8) is 0 Å². The van der Waals surface area contributed by atoms with Gasteiger partial charge in [-0.25, -0.2) is 0 Å². The molecule has 32 heavy (non-hydrogen) atoms. The van der Waals surface area contributed by atoms with Gasteiger partial charge in [0.2, 0.25) is 0 Å². The van der Waals surface area contributed by atoms with E-state index in [4.69, 9.17) is 0 Å². The lowest BCUT2D eigenvalue weighted by Gasteiger charge is -2.26. The topological polar surface area (TPSA) is 74.6 Å². The molecule has 0 radical (unpaired) electrons. The minimum atomic E-state index is -0.863. The summed E-state index contributed by atoms with van der Waals surface area (Å²) in [6.07, 6.45) is 11.6. The third-order valence-corrected chi connectivity index (χ3v) is 6.26. The molecule has 0 amide bonds. The lowest BCUT2D eigenvalue weighted by Crippen LogP contribution is -2.22. The van der Waals surface area contributed by atoms with Crippen molar-refractivity contribution in [3.8, 4) is 0 Å². The molecule has 1 aromatic carbocycles. The smallest absolute Gasteiger partial charge is 0.311 e. The van der Waals surface area contributed by atoms with Crippen LogP contribution < -0.4 is 0 Å². The first-order chi connectivity index (χ1) is 15.2. The quantitative estimate of drug-likeness (QED) is 0.239. The van der Waals surface area contributed by atoms with E-state index in [1.165, 1.54) is 38.5 Å². The van der Waals surface area contributed by atoms with Crippen molar-refractivity contribution in [2.45, 2.75) is 117 Å². The molecule has 1 rings (SSSR count). The predicted molar refractivity (Wildman–Crippen MR) is 132 cm³/mol. The molecule has 0 aliphatic carbocycles. The second kappa shape index (κ2) is 15.1. The van der Waals surface area contributed by atoms with E-state index in [0.717, 1.165) is 30.4 Å². The summed E-state index contributed by atoms with van der Waals surface area (Å²) in [5.41, 5.74) is 2.50. The van der Waals surface area contributed by atoms with Crippen LogP contribution in [0.5, 0.6) is 0 Å².